The number of benzene rings is 10. The second-order valence-electron chi connectivity index (χ2n) is 15.9. The van der Waals surface area contributed by atoms with Crippen LogP contribution in [0.4, 0.5) is 0 Å². The van der Waals surface area contributed by atoms with E-state index in [1.165, 1.54) is 119 Å². The van der Waals surface area contributed by atoms with Crippen LogP contribution >= 0.6 is 11.3 Å². The van der Waals surface area contributed by atoms with Crippen molar-refractivity contribution in [1.82, 2.24) is 0 Å². The predicted molar refractivity (Wildman–Crippen MR) is 243 cm³/mol. The molecule has 1 aromatic heterocycles. The highest BCUT2D eigenvalue weighted by Crippen LogP contribution is 2.58. The Bertz CT molecular complexity index is 3390. The Kier molecular flexibility index (Phi) is 6.66. The Morgan fingerprint density at radius 2 is 0.893 bits per heavy atom. The lowest BCUT2D eigenvalue weighted by Crippen LogP contribution is -2.15. The molecule has 56 heavy (non-hydrogen) atoms. The fraction of sp³-hybridized carbons (Fsp3) is 0.0545. The van der Waals surface area contributed by atoms with Crippen molar-refractivity contribution >= 4 is 74.6 Å². The lowest BCUT2D eigenvalue weighted by molar-refractivity contribution is 0.667. The molecule has 0 bridgehead atoms. The van der Waals surface area contributed by atoms with Crippen LogP contribution in [0, 0.1) is 0 Å². The second-order valence-corrected chi connectivity index (χ2v) is 17.0. The third-order valence-corrected chi connectivity index (χ3v) is 13.8. The van der Waals surface area contributed by atoms with Crippen molar-refractivity contribution in [1.29, 1.82) is 0 Å². The maximum absolute atomic E-state index is 2.52. The predicted octanol–water partition coefficient (Wildman–Crippen LogP) is 16.0. The van der Waals surface area contributed by atoms with E-state index in [-0.39, 0.29) is 5.41 Å². The number of hydrogen-bond acceptors (Lipinski definition) is 1. The summed E-state index contributed by atoms with van der Waals surface area (Å²) in [4.78, 5) is 0. The molecule has 0 amide bonds. The summed E-state index contributed by atoms with van der Waals surface area (Å²) in [5.74, 6) is 0. The zero-order chi connectivity index (χ0) is 37.1. The largest absolute Gasteiger partial charge is 0.135 e. The molecule has 0 saturated carbocycles. The molecule has 11 aromatic rings. The van der Waals surface area contributed by atoms with Crippen LogP contribution in [0.15, 0.2) is 182 Å². The van der Waals surface area contributed by atoms with Crippen LogP contribution < -0.4 is 0 Å². The summed E-state index contributed by atoms with van der Waals surface area (Å²) in [5, 5.41) is 13.1. The molecule has 0 aliphatic heterocycles. The normalized spacial score (nSPS) is 13.3. The Labute approximate surface area is 329 Å². The minimum absolute atomic E-state index is 0.143. The molecule has 1 heteroatoms. The molecular formula is C55H36S. The molecule has 0 fully saturated rings. The molecule has 10 aromatic carbocycles. The van der Waals surface area contributed by atoms with Crippen LogP contribution in [0.5, 0.6) is 0 Å². The minimum Gasteiger partial charge on any atom is -0.135 e. The minimum atomic E-state index is -0.143. The first-order valence-corrected chi connectivity index (χ1v) is 20.4. The molecule has 0 saturated heterocycles. The van der Waals surface area contributed by atoms with E-state index < -0.39 is 0 Å². The summed E-state index contributed by atoms with van der Waals surface area (Å²) in [6.45, 7) is 4.86. The molecule has 12 rings (SSSR count). The van der Waals surface area contributed by atoms with E-state index in [9.17, 15) is 0 Å². The molecule has 1 aliphatic carbocycles. The van der Waals surface area contributed by atoms with Gasteiger partial charge in [0, 0.05) is 25.6 Å². The summed E-state index contributed by atoms with van der Waals surface area (Å²) in [5.41, 5.74) is 13.1. The molecular weight excluding hydrogens is 693 g/mol. The Morgan fingerprint density at radius 3 is 1.59 bits per heavy atom. The van der Waals surface area contributed by atoms with Crippen molar-refractivity contribution in [3.63, 3.8) is 0 Å². The highest BCUT2D eigenvalue weighted by Gasteiger charge is 2.39. The fourth-order valence-corrected chi connectivity index (χ4v) is 11.6. The number of rotatable bonds is 3. The average molecular weight is 729 g/mol. The van der Waals surface area contributed by atoms with Crippen LogP contribution in [0.3, 0.4) is 0 Å². The second kappa shape index (κ2) is 11.7. The maximum Gasteiger partial charge on any atom is 0.0408 e. The van der Waals surface area contributed by atoms with E-state index in [4.69, 9.17) is 0 Å². The zero-order valence-electron chi connectivity index (χ0n) is 31.2. The van der Waals surface area contributed by atoms with Gasteiger partial charge in [0.1, 0.15) is 0 Å². The van der Waals surface area contributed by atoms with Gasteiger partial charge in [0.25, 0.3) is 0 Å². The maximum atomic E-state index is 2.52. The lowest BCUT2D eigenvalue weighted by atomic mass is 9.80. The fourth-order valence-electron chi connectivity index (χ4n) is 10.2. The van der Waals surface area contributed by atoms with Crippen LogP contribution in [0.2, 0.25) is 0 Å². The van der Waals surface area contributed by atoms with Gasteiger partial charge in [-0.05, 0) is 117 Å². The third-order valence-electron chi connectivity index (χ3n) is 12.6. The van der Waals surface area contributed by atoms with E-state index in [0.29, 0.717) is 0 Å². The van der Waals surface area contributed by atoms with Crippen LogP contribution in [0.25, 0.3) is 108 Å². The average Bonchev–Trinajstić information content (AvgIpc) is 3.75. The summed E-state index contributed by atoms with van der Waals surface area (Å²) < 4.78 is 2.78. The van der Waals surface area contributed by atoms with Gasteiger partial charge in [-0.15, -0.1) is 11.3 Å². The van der Waals surface area contributed by atoms with Gasteiger partial charge in [0.05, 0.1) is 0 Å². The molecule has 262 valence electrons. The number of hydrogen-bond donors (Lipinski definition) is 0. The smallest absolute Gasteiger partial charge is 0.0408 e. The molecule has 0 spiro atoms. The first-order valence-electron chi connectivity index (χ1n) is 19.6. The van der Waals surface area contributed by atoms with E-state index >= 15 is 0 Å². The number of thiophene rings is 1. The molecule has 0 radical (unpaired) electrons. The van der Waals surface area contributed by atoms with Crippen molar-refractivity contribution < 1.29 is 0 Å². The quantitative estimate of drug-likeness (QED) is 0.159. The van der Waals surface area contributed by atoms with Crippen molar-refractivity contribution in [3.8, 4) is 44.5 Å². The monoisotopic (exact) mass is 728 g/mol. The highest BCUT2D eigenvalue weighted by atomic mass is 32.1. The lowest BCUT2D eigenvalue weighted by Gasteiger charge is -2.23. The molecule has 0 nitrogen and oxygen atoms in total. The van der Waals surface area contributed by atoms with Crippen molar-refractivity contribution in [3.05, 3.63) is 193 Å². The van der Waals surface area contributed by atoms with Gasteiger partial charge in [-0.1, -0.05) is 178 Å². The molecule has 1 heterocycles. The highest BCUT2D eigenvalue weighted by molar-refractivity contribution is 7.26. The molecule has 0 N–H and O–H groups in total. The van der Waals surface area contributed by atoms with E-state index in [1.807, 2.05) is 11.3 Å². The van der Waals surface area contributed by atoms with Gasteiger partial charge in [-0.25, -0.2) is 0 Å². The third kappa shape index (κ3) is 4.35. The topological polar surface area (TPSA) is 0 Å². The summed E-state index contributed by atoms with van der Waals surface area (Å²) in [6, 6.07) is 68.0. The Hall–Kier alpha value is -6.54. The van der Waals surface area contributed by atoms with Crippen molar-refractivity contribution in [2.45, 2.75) is 19.3 Å². The summed E-state index contributed by atoms with van der Waals surface area (Å²) in [7, 11) is 0. The first kappa shape index (κ1) is 31.8. The standard InChI is InChI=1S/C55H36S/c1-55(2)47-30-29-36(32-46(47)51-43-24-9-10-25-44(43)52-45-26-11-12-28-48(45)56-54(52)53(51)55)50-41-22-7-5-20-39(41)49(40-21-6-8-23-42(40)50)35-18-13-17-34(31-35)38-27-14-16-33-15-3-4-19-37(33)38/h3-32H,1-2H3. The van der Waals surface area contributed by atoms with Crippen LogP contribution in [0.1, 0.15) is 25.0 Å². The van der Waals surface area contributed by atoms with Gasteiger partial charge >= 0.3 is 0 Å². The first-order chi connectivity index (χ1) is 27.6. The molecule has 1 aliphatic rings. The van der Waals surface area contributed by atoms with Gasteiger partial charge in [0.15, 0.2) is 0 Å². The molecule has 0 atom stereocenters. The van der Waals surface area contributed by atoms with E-state index in [0.717, 1.165) is 0 Å². The van der Waals surface area contributed by atoms with Crippen LogP contribution in [-0.2, 0) is 5.41 Å². The van der Waals surface area contributed by atoms with Crippen molar-refractivity contribution in [2.24, 2.45) is 0 Å². The van der Waals surface area contributed by atoms with Crippen LogP contribution in [-0.4, -0.2) is 0 Å². The Balaban J connectivity index is 1.12. The van der Waals surface area contributed by atoms with Gasteiger partial charge < -0.3 is 0 Å². The van der Waals surface area contributed by atoms with E-state index in [1.54, 1.807) is 0 Å². The Morgan fingerprint density at radius 1 is 0.375 bits per heavy atom. The zero-order valence-corrected chi connectivity index (χ0v) is 32.0. The van der Waals surface area contributed by atoms with E-state index in [2.05, 4.69) is 196 Å². The number of fused-ring (bicyclic) bond motifs is 13. The SMILES string of the molecule is CC1(C)c2ccc(-c3c4ccccc4c(-c4cccc(-c5cccc6ccccc56)c4)c4ccccc34)cc2-c2c1c1sc3ccccc3c1c1ccccc21. The van der Waals surface area contributed by atoms with Gasteiger partial charge in [-0.2, -0.15) is 0 Å². The van der Waals surface area contributed by atoms with Gasteiger partial charge in [0.2, 0.25) is 0 Å². The summed E-state index contributed by atoms with van der Waals surface area (Å²) >= 11 is 1.96. The molecule has 0 unspecified atom stereocenters. The van der Waals surface area contributed by atoms with Gasteiger partial charge in [-0.3, -0.25) is 0 Å². The van der Waals surface area contributed by atoms with Crippen molar-refractivity contribution in [2.75, 3.05) is 0 Å². The summed E-state index contributed by atoms with van der Waals surface area (Å²) in [6.07, 6.45) is 0.